The first kappa shape index (κ1) is 28.9. The number of likely N-dealkylation sites (tertiary alicyclic amines) is 1. The number of piperidine rings is 1. The predicted octanol–water partition coefficient (Wildman–Crippen LogP) is 4.99. The first-order valence-corrected chi connectivity index (χ1v) is 11.9. The Kier molecular flexibility index (Phi) is 8.25. The number of halogens is 6. The molecule has 208 valence electrons. The van der Waals surface area contributed by atoms with Gasteiger partial charge in [0, 0.05) is 44.0 Å². The van der Waals surface area contributed by atoms with Gasteiger partial charge >= 0.3 is 24.4 Å². The Bertz CT molecular complexity index is 992. The lowest BCUT2D eigenvalue weighted by Crippen LogP contribution is -2.53. The fraction of sp³-hybridized carbons (Fsp3) is 0.667. The molecule has 0 spiro atoms. The monoisotopic (exact) mass is 539 g/mol. The van der Waals surface area contributed by atoms with E-state index in [1.807, 2.05) is 11.8 Å². The average Bonchev–Trinajstić information content (AvgIpc) is 3.29. The molecule has 1 aromatic rings. The second kappa shape index (κ2) is 10.6. The maximum Gasteiger partial charge on any atom is 0.425 e. The van der Waals surface area contributed by atoms with Crippen molar-refractivity contribution in [3.05, 3.63) is 29.3 Å². The van der Waals surface area contributed by atoms with Crippen LogP contribution in [0.5, 0.6) is 0 Å². The first-order chi connectivity index (χ1) is 17.0. The summed E-state index contributed by atoms with van der Waals surface area (Å²) in [6.45, 7) is 3.70. The molecule has 0 aromatic heterocycles. The summed E-state index contributed by atoms with van der Waals surface area (Å²) in [5.41, 5.74) is -0.375. The quantitative estimate of drug-likeness (QED) is 0.514. The highest BCUT2D eigenvalue weighted by Crippen LogP contribution is 2.37. The molecule has 0 saturated carbocycles. The van der Waals surface area contributed by atoms with Crippen molar-refractivity contribution in [2.75, 3.05) is 38.1 Å². The van der Waals surface area contributed by atoms with Crippen LogP contribution in [0.3, 0.4) is 0 Å². The van der Waals surface area contributed by atoms with Gasteiger partial charge in [0.15, 0.2) is 6.10 Å². The Balaban J connectivity index is 1.72. The molecular formula is C24H31F6N3O4. The Morgan fingerprint density at radius 3 is 2.30 bits per heavy atom. The molecule has 1 N–H and O–H groups in total. The molecule has 3 rings (SSSR count). The highest BCUT2D eigenvalue weighted by molar-refractivity contribution is 5.72. The topological polar surface area (TPSA) is 73.3 Å². The second-order valence-electron chi connectivity index (χ2n) is 10.0. The lowest BCUT2D eigenvalue weighted by molar-refractivity contribution is -0.200. The van der Waals surface area contributed by atoms with Crippen molar-refractivity contribution in [3.8, 4) is 0 Å². The summed E-state index contributed by atoms with van der Waals surface area (Å²) in [6, 6.07) is 3.45. The smallest absolute Gasteiger partial charge is 0.425 e. The van der Waals surface area contributed by atoms with Gasteiger partial charge in [-0.25, -0.2) is 4.79 Å². The Morgan fingerprint density at radius 1 is 1.16 bits per heavy atom. The number of alkyl halides is 6. The van der Waals surface area contributed by atoms with Gasteiger partial charge in [-0.1, -0.05) is 6.07 Å². The summed E-state index contributed by atoms with van der Waals surface area (Å²) in [6.07, 6.45) is -11.3. The third-order valence-electron chi connectivity index (χ3n) is 7.46. The highest BCUT2D eigenvalue weighted by atomic mass is 19.4. The van der Waals surface area contributed by atoms with Crippen molar-refractivity contribution in [1.29, 1.82) is 0 Å². The van der Waals surface area contributed by atoms with E-state index in [2.05, 4.69) is 4.74 Å². The van der Waals surface area contributed by atoms with Gasteiger partial charge in [0.25, 0.3) is 0 Å². The zero-order chi connectivity index (χ0) is 27.8. The van der Waals surface area contributed by atoms with Crippen LogP contribution in [0.15, 0.2) is 18.2 Å². The van der Waals surface area contributed by atoms with Crippen LogP contribution in [-0.4, -0.2) is 78.0 Å². The van der Waals surface area contributed by atoms with Crippen molar-refractivity contribution >= 4 is 17.7 Å². The third kappa shape index (κ3) is 6.79. The number of rotatable bonds is 6. The number of carbonyl (C=O) groups excluding carboxylic acids is 1. The van der Waals surface area contributed by atoms with E-state index in [9.17, 15) is 41.0 Å². The van der Waals surface area contributed by atoms with E-state index < -0.39 is 47.5 Å². The molecule has 1 aromatic carbocycles. The van der Waals surface area contributed by atoms with Crippen molar-refractivity contribution in [3.63, 3.8) is 0 Å². The van der Waals surface area contributed by atoms with E-state index >= 15 is 0 Å². The fourth-order valence-corrected chi connectivity index (χ4v) is 4.64. The van der Waals surface area contributed by atoms with Gasteiger partial charge in [-0.05, 0) is 57.9 Å². The summed E-state index contributed by atoms with van der Waals surface area (Å²) in [5.74, 6) is -1.66. The molecule has 0 radical (unpaired) electrons. The SMILES string of the molecule is CC(OC(=O)N1CCC(C)(N(C)Cc2ccc(C(F)(F)F)cc2N2CCC(C(=O)O)C2)CC1)C(F)(F)F. The maximum atomic E-state index is 13.4. The van der Waals surface area contributed by atoms with Crippen molar-refractivity contribution < 1.29 is 45.8 Å². The number of aliphatic carboxylic acids is 1. The number of carbonyl (C=O) groups is 2. The van der Waals surface area contributed by atoms with Gasteiger partial charge in [0.05, 0.1) is 11.5 Å². The summed E-state index contributed by atoms with van der Waals surface area (Å²) in [7, 11) is 1.80. The largest absolute Gasteiger partial charge is 0.481 e. The highest BCUT2D eigenvalue weighted by Gasteiger charge is 2.42. The molecular weight excluding hydrogens is 508 g/mol. The van der Waals surface area contributed by atoms with Crippen LogP contribution in [0.2, 0.25) is 0 Å². The molecule has 37 heavy (non-hydrogen) atoms. The average molecular weight is 540 g/mol. The van der Waals surface area contributed by atoms with Crippen LogP contribution in [0, 0.1) is 5.92 Å². The minimum atomic E-state index is -4.65. The van der Waals surface area contributed by atoms with Crippen LogP contribution < -0.4 is 4.90 Å². The third-order valence-corrected chi connectivity index (χ3v) is 7.46. The number of hydrogen-bond acceptors (Lipinski definition) is 5. The van der Waals surface area contributed by atoms with Crippen LogP contribution >= 0.6 is 0 Å². The summed E-state index contributed by atoms with van der Waals surface area (Å²) < 4.78 is 82.9. The molecule has 1 amide bonds. The molecule has 13 heteroatoms. The maximum absolute atomic E-state index is 13.4. The molecule has 0 bridgehead atoms. The first-order valence-electron chi connectivity index (χ1n) is 11.9. The molecule has 2 unspecified atom stereocenters. The molecule has 2 atom stereocenters. The Hall–Kier alpha value is -2.70. The molecule has 2 aliphatic heterocycles. The zero-order valence-corrected chi connectivity index (χ0v) is 20.8. The fourth-order valence-electron chi connectivity index (χ4n) is 4.64. The normalized spacial score (nSPS) is 21.3. The number of amides is 1. The van der Waals surface area contributed by atoms with Crippen molar-refractivity contribution in [1.82, 2.24) is 9.80 Å². The minimum Gasteiger partial charge on any atom is -0.481 e. The summed E-state index contributed by atoms with van der Waals surface area (Å²) in [4.78, 5) is 28.4. The lowest BCUT2D eigenvalue weighted by atomic mass is 9.87. The molecule has 2 saturated heterocycles. The van der Waals surface area contributed by atoms with Crippen LogP contribution in [0.4, 0.5) is 36.8 Å². The number of carboxylic acids is 1. The van der Waals surface area contributed by atoms with Gasteiger partial charge < -0.3 is 19.6 Å². The zero-order valence-electron chi connectivity index (χ0n) is 20.8. The summed E-state index contributed by atoms with van der Waals surface area (Å²) >= 11 is 0. The van der Waals surface area contributed by atoms with E-state index in [0.29, 0.717) is 37.1 Å². The van der Waals surface area contributed by atoms with Crippen LogP contribution in [0.25, 0.3) is 0 Å². The van der Waals surface area contributed by atoms with Gasteiger partial charge in [-0.2, -0.15) is 26.3 Å². The number of ether oxygens (including phenoxy) is 1. The van der Waals surface area contributed by atoms with Crippen LogP contribution in [-0.2, 0) is 22.3 Å². The van der Waals surface area contributed by atoms with E-state index in [1.165, 1.54) is 11.0 Å². The minimum absolute atomic E-state index is 0.109. The van der Waals surface area contributed by atoms with E-state index in [1.54, 1.807) is 11.9 Å². The van der Waals surface area contributed by atoms with Crippen LogP contribution in [0.1, 0.15) is 44.2 Å². The predicted molar refractivity (Wildman–Crippen MR) is 122 cm³/mol. The van der Waals surface area contributed by atoms with E-state index in [-0.39, 0.29) is 26.2 Å². The number of carboxylic acid groups (broad SMARTS) is 1. The summed E-state index contributed by atoms with van der Waals surface area (Å²) in [5, 5.41) is 9.32. The van der Waals surface area contributed by atoms with E-state index in [0.717, 1.165) is 19.1 Å². The van der Waals surface area contributed by atoms with Gasteiger partial charge in [-0.3, -0.25) is 9.69 Å². The lowest BCUT2D eigenvalue weighted by Gasteiger charge is -2.45. The molecule has 0 aliphatic carbocycles. The molecule has 2 heterocycles. The van der Waals surface area contributed by atoms with Gasteiger partial charge in [-0.15, -0.1) is 0 Å². The number of nitrogens with zero attached hydrogens (tertiary/aromatic N) is 3. The number of hydrogen-bond donors (Lipinski definition) is 1. The Morgan fingerprint density at radius 2 is 1.78 bits per heavy atom. The molecule has 2 fully saturated rings. The second-order valence-corrected chi connectivity index (χ2v) is 10.0. The van der Waals surface area contributed by atoms with Crippen molar-refractivity contribution in [2.24, 2.45) is 5.92 Å². The molecule has 7 nitrogen and oxygen atoms in total. The number of benzene rings is 1. The molecule has 2 aliphatic rings. The Labute approximate surface area is 210 Å². The van der Waals surface area contributed by atoms with E-state index in [4.69, 9.17) is 0 Å². The van der Waals surface area contributed by atoms with Crippen molar-refractivity contribution in [2.45, 2.75) is 63.7 Å². The standard InChI is InChI=1S/C24H31F6N3O4/c1-15(23(25,26)27)37-21(36)32-10-7-22(2,8-11-32)31(3)13-16-4-5-18(24(28,29)30)12-19(16)33-9-6-17(14-33)20(34)35/h4-5,12,15,17H,6-11,13-14H2,1-3H3,(H,34,35). The van der Waals surface area contributed by atoms with Gasteiger partial charge in [0.1, 0.15) is 0 Å². The number of anilines is 1. The van der Waals surface area contributed by atoms with Gasteiger partial charge in [0.2, 0.25) is 0 Å².